The molecule has 9 nitrogen and oxygen atoms in total. The van der Waals surface area contributed by atoms with Crippen LogP contribution in [0.3, 0.4) is 0 Å². The molecule has 0 aromatic heterocycles. The van der Waals surface area contributed by atoms with E-state index in [1.54, 1.807) is 0 Å². The predicted molar refractivity (Wildman–Crippen MR) is 360 cm³/mol. The quantitative estimate of drug-likeness (QED) is 0.0261. The second-order valence-corrected chi connectivity index (χ2v) is 26.5. The highest BCUT2D eigenvalue weighted by molar-refractivity contribution is 5.76. The molecule has 1 aliphatic rings. The molecule has 84 heavy (non-hydrogen) atoms. The Morgan fingerprint density at radius 2 is 0.702 bits per heavy atom. The van der Waals surface area contributed by atoms with Crippen LogP contribution >= 0.6 is 0 Å². The summed E-state index contributed by atoms with van der Waals surface area (Å²) < 4.78 is 11.4. The van der Waals surface area contributed by atoms with E-state index < -0.39 is 49.5 Å². The van der Waals surface area contributed by atoms with Crippen LogP contribution in [0.25, 0.3) is 0 Å². The average molecular weight is 1190 g/mol. The number of nitrogens with one attached hydrogen (secondary N) is 1. The zero-order chi connectivity index (χ0) is 60.7. The molecule has 0 spiro atoms. The molecule has 0 bridgehead atoms. The topological polar surface area (TPSA) is 149 Å². The van der Waals surface area contributed by atoms with Gasteiger partial charge >= 0.3 is 0 Å². The fourth-order valence-corrected chi connectivity index (χ4v) is 12.4. The first-order chi connectivity index (χ1) is 41.3. The van der Waals surface area contributed by atoms with Gasteiger partial charge in [-0.15, -0.1) is 0 Å². The van der Waals surface area contributed by atoms with Gasteiger partial charge in [0.25, 0.3) is 0 Å². The lowest BCUT2D eigenvalue weighted by Gasteiger charge is -2.40. The van der Waals surface area contributed by atoms with E-state index >= 15 is 0 Å². The van der Waals surface area contributed by atoms with E-state index in [0.29, 0.717) is 12.8 Å². The zero-order valence-electron chi connectivity index (χ0n) is 55.9. The molecule has 6 N–H and O–H groups in total. The SMILES string of the molecule is CCCCCCCCCCCCCCC/C=C\C/C=C\CCCCCCCCCCCCCCCCCCCC(=O)NC(COC1OC(CO)C(O)C(O)C1O)C(O)CCCCCCCCCCCCCCCCCCCCCCCCCC. The molecule has 1 saturated heterocycles. The van der Waals surface area contributed by atoms with Gasteiger partial charge < -0.3 is 40.3 Å². The van der Waals surface area contributed by atoms with Gasteiger partial charge in [-0.25, -0.2) is 0 Å². The first-order valence-corrected chi connectivity index (χ1v) is 37.5. The number of carbonyl (C=O) groups is 1. The number of hydrogen-bond donors (Lipinski definition) is 6. The minimum atomic E-state index is -1.55. The number of amides is 1. The fraction of sp³-hybridized carbons (Fsp3) is 0.933. The van der Waals surface area contributed by atoms with Crippen LogP contribution in [0.15, 0.2) is 24.3 Å². The summed E-state index contributed by atoms with van der Waals surface area (Å²) >= 11 is 0. The van der Waals surface area contributed by atoms with Gasteiger partial charge in [0.2, 0.25) is 5.91 Å². The van der Waals surface area contributed by atoms with E-state index in [-0.39, 0.29) is 12.5 Å². The Labute approximate surface area is 521 Å². The van der Waals surface area contributed by atoms with E-state index in [9.17, 15) is 30.3 Å². The zero-order valence-corrected chi connectivity index (χ0v) is 55.9. The molecule has 9 heteroatoms. The van der Waals surface area contributed by atoms with Gasteiger partial charge in [0, 0.05) is 6.42 Å². The number of ether oxygens (including phenoxy) is 2. The number of aliphatic hydroxyl groups excluding tert-OH is 5. The molecule has 1 fully saturated rings. The second kappa shape index (κ2) is 64.6. The number of allylic oxidation sites excluding steroid dienone is 4. The summed E-state index contributed by atoms with van der Waals surface area (Å²) in [6, 6.07) is -0.719. The third-order valence-electron chi connectivity index (χ3n) is 18.3. The lowest BCUT2D eigenvalue weighted by atomic mass is 9.99. The standard InChI is InChI=1S/C75H145NO8/c1-3-5-7-9-11-13-15-17-19-21-23-25-27-29-30-31-32-33-34-35-36-37-38-39-40-41-43-45-47-49-51-53-55-57-59-61-63-65-71(79)76-68(67-83-75-74(82)73(81)72(80)70(66-77)84-75)69(78)64-62-60-58-56-54-52-50-48-46-44-42-28-26-24-22-20-18-16-14-12-10-8-6-4-2/h30-31,33-34,68-70,72-75,77-78,80-82H,3-29,32,35-67H2,1-2H3,(H,76,79)/b31-30-,34-33-. The first-order valence-electron chi connectivity index (χ1n) is 37.5. The summed E-state index contributed by atoms with van der Waals surface area (Å²) in [5, 5.41) is 55.0. The highest BCUT2D eigenvalue weighted by atomic mass is 16.7. The van der Waals surface area contributed by atoms with Crippen LogP contribution in [-0.2, 0) is 14.3 Å². The monoisotopic (exact) mass is 1190 g/mol. The summed E-state index contributed by atoms with van der Waals surface area (Å²) in [7, 11) is 0. The van der Waals surface area contributed by atoms with Crippen molar-refractivity contribution in [1.82, 2.24) is 5.32 Å². The summed E-state index contributed by atoms with van der Waals surface area (Å²) in [6.07, 6.45) is 78.4. The van der Waals surface area contributed by atoms with Crippen molar-refractivity contribution >= 4 is 5.91 Å². The third-order valence-corrected chi connectivity index (χ3v) is 18.3. The van der Waals surface area contributed by atoms with Gasteiger partial charge in [-0.3, -0.25) is 4.79 Å². The molecular weight excluding hydrogens is 1040 g/mol. The van der Waals surface area contributed by atoms with Crippen LogP contribution in [0.1, 0.15) is 393 Å². The summed E-state index contributed by atoms with van der Waals surface area (Å²) in [5.74, 6) is -0.136. The van der Waals surface area contributed by atoms with E-state index in [1.165, 1.54) is 321 Å². The van der Waals surface area contributed by atoms with Crippen LogP contribution < -0.4 is 5.32 Å². The van der Waals surface area contributed by atoms with Crippen LogP contribution in [0.2, 0.25) is 0 Å². The lowest BCUT2D eigenvalue weighted by molar-refractivity contribution is -0.302. The van der Waals surface area contributed by atoms with Crippen molar-refractivity contribution in [1.29, 1.82) is 0 Å². The molecule has 498 valence electrons. The Kier molecular flexibility index (Phi) is 62.1. The van der Waals surface area contributed by atoms with Gasteiger partial charge in [0.05, 0.1) is 25.4 Å². The van der Waals surface area contributed by atoms with Crippen molar-refractivity contribution in [2.45, 2.75) is 436 Å². The third kappa shape index (κ3) is 52.6. The maximum atomic E-state index is 13.2. The summed E-state index contributed by atoms with van der Waals surface area (Å²) in [4.78, 5) is 13.2. The van der Waals surface area contributed by atoms with Crippen molar-refractivity contribution in [2.75, 3.05) is 13.2 Å². The largest absolute Gasteiger partial charge is 0.394 e. The molecule has 1 heterocycles. The number of carbonyl (C=O) groups excluding carboxylic acids is 1. The normalized spacial score (nSPS) is 18.2. The molecule has 0 aromatic rings. The molecule has 1 amide bonds. The van der Waals surface area contributed by atoms with E-state index in [0.717, 1.165) is 44.9 Å². The molecular formula is C75H145NO8. The first kappa shape index (κ1) is 80.7. The molecule has 7 unspecified atom stereocenters. The Bertz CT molecular complexity index is 1380. The number of unbranched alkanes of at least 4 members (excludes halogenated alkanes) is 53. The van der Waals surface area contributed by atoms with Crippen molar-refractivity contribution in [3.05, 3.63) is 24.3 Å². The Morgan fingerprint density at radius 3 is 1.02 bits per heavy atom. The van der Waals surface area contributed by atoms with Crippen molar-refractivity contribution < 1.29 is 39.8 Å². The smallest absolute Gasteiger partial charge is 0.220 e. The van der Waals surface area contributed by atoms with Gasteiger partial charge in [-0.1, -0.05) is 366 Å². The van der Waals surface area contributed by atoms with Gasteiger partial charge in [-0.2, -0.15) is 0 Å². The van der Waals surface area contributed by atoms with Crippen molar-refractivity contribution in [3.8, 4) is 0 Å². The number of rotatable bonds is 67. The van der Waals surface area contributed by atoms with Crippen LogP contribution in [0.4, 0.5) is 0 Å². The Morgan fingerprint density at radius 1 is 0.405 bits per heavy atom. The minimum absolute atomic E-state index is 0.133. The highest BCUT2D eigenvalue weighted by Crippen LogP contribution is 2.24. The van der Waals surface area contributed by atoms with Crippen LogP contribution in [0, 0.1) is 0 Å². The maximum Gasteiger partial charge on any atom is 0.220 e. The Balaban J connectivity index is 2.06. The minimum Gasteiger partial charge on any atom is -0.394 e. The molecule has 0 radical (unpaired) electrons. The van der Waals surface area contributed by atoms with Crippen LogP contribution in [-0.4, -0.2) is 87.5 Å². The second-order valence-electron chi connectivity index (χ2n) is 26.5. The summed E-state index contributed by atoms with van der Waals surface area (Å²) in [6.45, 7) is 3.90. The van der Waals surface area contributed by atoms with Crippen LogP contribution in [0.5, 0.6) is 0 Å². The molecule has 0 saturated carbocycles. The maximum absolute atomic E-state index is 13.2. The van der Waals surface area contributed by atoms with Gasteiger partial charge in [0.15, 0.2) is 6.29 Å². The predicted octanol–water partition coefficient (Wildman–Crippen LogP) is 20.8. The number of aliphatic hydroxyl groups is 5. The Hall–Kier alpha value is -1.33. The van der Waals surface area contributed by atoms with Crippen molar-refractivity contribution in [3.63, 3.8) is 0 Å². The average Bonchev–Trinajstić information content (AvgIpc) is 3.70. The molecule has 1 rings (SSSR count). The molecule has 0 aromatic carbocycles. The summed E-state index contributed by atoms with van der Waals surface area (Å²) in [5.41, 5.74) is 0. The van der Waals surface area contributed by atoms with E-state index in [2.05, 4.69) is 43.5 Å². The highest BCUT2D eigenvalue weighted by Gasteiger charge is 2.44. The fourth-order valence-electron chi connectivity index (χ4n) is 12.4. The molecule has 1 aliphatic heterocycles. The molecule has 0 aliphatic carbocycles. The molecule has 7 atom stereocenters. The van der Waals surface area contributed by atoms with Crippen molar-refractivity contribution in [2.24, 2.45) is 0 Å². The van der Waals surface area contributed by atoms with Gasteiger partial charge in [-0.05, 0) is 44.9 Å². The number of hydrogen-bond acceptors (Lipinski definition) is 8. The van der Waals surface area contributed by atoms with E-state index in [4.69, 9.17) is 9.47 Å². The van der Waals surface area contributed by atoms with Gasteiger partial charge in [0.1, 0.15) is 24.4 Å². The van der Waals surface area contributed by atoms with E-state index in [1.807, 2.05) is 0 Å². The lowest BCUT2D eigenvalue weighted by Crippen LogP contribution is -2.60.